The molecule has 0 saturated carbocycles. The average molecular weight is 337 g/mol. The molecule has 0 unspecified atom stereocenters. The van der Waals surface area contributed by atoms with Crippen molar-refractivity contribution >= 4 is 5.97 Å². The maximum absolute atomic E-state index is 12.0. The molecule has 0 aliphatic heterocycles. The summed E-state index contributed by atoms with van der Waals surface area (Å²) in [7, 11) is 1.86. The van der Waals surface area contributed by atoms with Crippen molar-refractivity contribution in [1.82, 2.24) is 14.8 Å². The third-order valence-corrected chi connectivity index (χ3v) is 3.74. The van der Waals surface area contributed by atoms with Crippen LogP contribution < -0.4 is 4.74 Å². The van der Waals surface area contributed by atoms with Gasteiger partial charge in [0.25, 0.3) is 0 Å². The fourth-order valence-corrected chi connectivity index (χ4v) is 2.47. The Kier molecular flexibility index (Phi) is 4.79. The molecule has 2 heterocycles. The van der Waals surface area contributed by atoms with Crippen molar-refractivity contribution in [2.45, 2.75) is 13.8 Å². The minimum atomic E-state index is -0.351. The van der Waals surface area contributed by atoms with E-state index in [1.807, 2.05) is 32.3 Å². The lowest BCUT2D eigenvalue weighted by molar-refractivity contribution is 0.0525. The van der Waals surface area contributed by atoms with Gasteiger partial charge in [0.05, 0.1) is 24.1 Å². The minimum Gasteiger partial charge on any atom is -0.462 e. The van der Waals surface area contributed by atoms with Crippen molar-refractivity contribution in [2.24, 2.45) is 7.05 Å². The SMILES string of the molecule is CCOC(=O)c1cccc(Oc2ccnc(-c3cnn(C)c3)c2)c1C. The summed E-state index contributed by atoms with van der Waals surface area (Å²) in [5.41, 5.74) is 2.91. The molecule has 0 radical (unpaired) electrons. The normalized spacial score (nSPS) is 10.5. The topological polar surface area (TPSA) is 66.2 Å². The molecule has 0 fully saturated rings. The number of ether oxygens (including phenoxy) is 2. The molecule has 128 valence electrons. The van der Waals surface area contributed by atoms with Crippen LogP contribution in [0.2, 0.25) is 0 Å². The van der Waals surface area contributed by atoms with Crippen LogP contribution in [0.25, 0.3) is 11.3 Å². The van der Waals surface area contributed by atoms with E-state index in [1.165, 1.54) is 0 Å². The summed E-state index contributed by atoms with van der Waals surface area (Å²) in [6.07, 6.45) is 5.32. The van der Waals surface area contributed by atoms with Gasteiger partial charge in [-0.15, -0.1) is 0 Å². The lowest BCUT2D eigenvalue weighted by Gasteiger charge is -2.12. The standard InChI is InChI=1S/C19H19N3O3/c1-4-24-19(23)16-6-5-7-18(13(16)2)25-15-8-9-20-17(10-15)14-11-21-22(3)12-14/h5-12H,4H2,1-3H3. The first-order valence-electron chi connectivity index (χ1n) is 7.98. The molecule has 0 atom stereocenters. The van der Waals surface area contributed by atoms with Gasteiger partial charge in [-0.3, -0.25) is 9.67 Å². The number of aromatic nitrogens is 3. The molecule has 3 rings (SSSR count). The number of nitrogens with zero attached hydrogens (tertiary/aromatic N) is 3. The molecule has 6 nitrogen and oxygen atoms in total. The first-order valence-corrected chi connectivity index (χ1v) is 7.98. The van der Waals surface area contributed by atoms with E-state index in [0.717, 1.165) is 16.8 Å². The molecular formula is C19H19N3O3. The molecular weight excluding hydrogens is 318 g/mol. The summed E-state index contributed by atoms with van der Waals surface area (Å²) in [5, 5.41) is 4.15. The van der Waals surface area contributed by atoms with Crippen LogP contribution in [0.15, 0.2) is 48.9 Å². The predicted molar refractivity (Wildman–Crippen MR) is 93.6 cm³/mol. The van der Waals surface area contributed by atoms with Gasteiger partial charge in [-0.2, -0.15) is 5.10 Å². The number of esters is 1. The number of hydrogen-bond acceptors (Lipinski definition) is 5. The summed E-state index contributed by atoms with van der Waals surface area (Å²) >= 11 is 0. The van der Waals surface area contributed by atoms with Gasteiger partial charge < -0.3 is 9.47 Å². The Morgan fingerprint density at radius 2 is 2.12 bits per heavy atom. The highest BCUT2D eigenvalue weighted by Gasteiger charge is 2.14. The second-order valence-corrected chi connectivity index (χ2v) is 5.53. The quantitative estimate of drug-likeness (QED) is 0.663. The van der Waals surface area contributed by atoms with E-state index in [-0.39, 0.29) is 5.97 Å². The third kappa shape index (κ3) is 3.68. The smallest absolute Gasteiger partial charge is 0.338 e. The lowest BCUT2D eigenvalue weighted by Crippen LogP contribution is -2.07. The average Bonchev–Trinajstić information content (AvgIpc) is 3.04. The fourth-order valence-electron chi connectivity index (χ4n) is 2.47. The summed E-state index contributed by atoms with van der Waals surface area (Å²) in [6.45, 7) is 3.96. The lowest BCUT2D eigenvalue weighted by atomic mass is 10.1. The zero-order valence-corrected chi connectivity index (χ0v) is 14.4. The van der Waals surface area contributed by atoms with Crippen LogP contribution in [0, 0.1) is 6.92 Å². The van der Waals surface area contributed by atoms with E-state index in [2.05, 4.69) is 10.1 Å². The van der Waals surface area contributed by atoms with Gasteiger partial charge in [-0.1, -0.05) is 6.07 Å². The maximum atomic E-state index is 12.0. The Hall–Kier alpha value is -3.15. The molecule has 6 heteroatoms. The van der Waals surface area contributed by atoms with Crippen molar-refractivity contribution in [3.8, 4) is 22.8 Å². The van der Waals surface area contributed by atoms with Crippen molar-refractivity contribution in [3.05, 3.63) is 60.0 Å². The molecule has 3 aromatic rings. The number of aryl methyl sites for hydroxylation is 1. The van der Waals surface area contributed by atoms with Crippen LogP contribution in [-0.4, -0.2) is 27.3 Å². The van der Waals surface area contributed by atoms with Gasteiger partial charge in [-0.05, 0) is 32.0 Å². The van der Waals surface area contributed by atoms with Crippen LogP contribution in [0.4, 0.5) is 0 Å². The molecule has 2 aromatic heterocycles. The number of carbonyl (C=O) groups is 1. The van der Waals surface area contributed by atoms with Crippen LogP contribution >= 0.6 is 0 Å². The Morgan fingerprint density at radius 3 is 2.84 bits per heavy atom. The monoisotopic (exact) mass is 337 g/mol. The number of pyridine rings is 1. The largest absolute Gasteiger partial charge is 0.462 e. The first-order chi connectivity index (χ1) is 12.1. The third-order valence-electron chi connectivity index (χ3n) is 3.74. The van der Waals surface area contributed by atoms with Gasteiger partial charge in [0, 0.05) is 36.6 Å². The second kappa shape index (κ2) is 7.17. The zero-order chi connectivity index (χ0) is 17.8. The van der Waals surface area contributed by atoms with Crippen LogP contribution in [0.5, 0.6) is 11.5 Å². The van der Waals surface area contributed by atoms with Gasteiger partial charge in [0.1, 0.15) is 11.5 Å². The molecule has 1 aromatic carbocycles. The number of hydrogen-bond donors (Lipinski definition) is 0. The van der Waals surface area contributed by atoms with Crippen molar-refractivity contribution in [3.63, 3.8) is 0 Å². The summed E-state index contributed by atoms with van der Waals surface area (Å²) in [5.74, 6) is 0.892. The highest BCUT2D eigenvalue weighted by atomic mass is 16.5. The highest BCUT2D eigenvalue weighted by Crippen LogP contribution is 2.29. The Morgan fingerprint density at radius 1 is 1.28 bits per heavy atom. The van der Waals surface area contributed by atoms with E-state index < -0.39 is 0 Å². The Labute approximate surface area is 146 Å². The molecule has 0 aliphatic carbocycles. The predicted octanol–water partition coefficient (Wildman–Crippen LogP) is 3.76. The molecule has 0 amide bonds. The van der Waals surface area contributed by atoms with E-state index in [0.29, 0.717) is 23.7 Å². The Bertz CT molecular complexity index is 902. The van der Waals surface area contributed by atoms with Crippen LogP contribution in [0.1, 0.15) is 22.8 Å². The molecule has 0 saturated heterocycles. The van der Waals surface area contributed by atoms with Crippen LogP contribution in [-0.2, 0) is 11.8 Å². The van der Waals surface area contributed by atoms with Crippen molar-refractivity contribution in [2.75, 3.05) is 6.61 Å². The number of benzene rings is 1. The zero-order valence-electron chi connectivity index (χ0n) is 14.4. The molecule has 25 heavy (non-hydrogen) atoms. The van der Waals surface area contributed by atoms with Gasteiger partial charge >= 0.3 is 5.97 Å². The Balaban J connectivity index is 1.88. The van der Waals surface area contributed by atoms with E-state index >= 15 is 0 Å². The summed E-state index contributed by atoms with van der Waals surface area (Å²) < 4.78 is 12.8. The fraction of sp³-hybridized carbons (Fsp3) is 0.211. The van der Waals surface area contributed by atoms with Crippen molar-refractivity contribution in [1.29, 1.82) is 0 Å². The van der Waals surface area contributed by atoms with E-state index in [4.69, 9.17) is 9.47 Å². The maximum Gasteiger partial charge on any atom is 0.338 e. The molecule has 0 N–H and O–H groups in total. The highest BCUT2D eigenvalue weighted by molar-refractivity contribution is 5.91. The number of carbonyl (C=O) groups excluding carboxylic acids is 1. The number of rotatable bonds is 5. The van der Waals surface area contributed by atoms with Crippen LogP contribution in [0.3, 0.4) is 0 Å². The van der Waals surface area contributed by atoms with Gasteiger partial charge in [0.2, 0.25) is 0 Å². The molecule has 0 aliphatic rings. The summed E-state index contributed by atoms with van der Waals surface area (Å²) in [4.78, 5) is 16.4. The van der Waals surface area contributed by atoms with E-state index in [1.54, 1.807) is 42.2 Å². The molecule has 0 spiro atoms. The second-order valence-electron chi connectivity index (χ2n) is 5.53. The van der Waals surface area contributed by atoms with Gasteiger partial charge in [0.15, 0.2) is 0 Å². The van der Waals surface area contributed by atoms with Crippen molar-refractivity contribution < 1.29 is 14.3 Å². The summed E-state index contributed by atoms with van der Waals surface area (Å²) in [6, 6.07) is 8.94. The molecule has 0 bridgehead atoms. The first kappa shape index (κ1) is 16.7. The minimum absolute atomic E-state index is 0.335. The van der Waals surface area contributed by atoms with Gasteiger partial charge in [-0.25, -0.2) is 4.79 Å². The van der Waals surface area contributed by atoms with E-state index in [9.17, 15) is 4.79 Å².